The number of fused-ring (bicyclic) bond motifs is 3. The van der Waals surface area contributed by atoms with Crippen LogP contribution in [0.3, 0.4) is 0 Å². The van der Waals surface area contributed by atoms with Gasteiger partial charge in [-0.3, -0.25) is 4.79 Å². The Balaban J connectivity index is 1.36. The summed E-state index contributed by atoms with van der Waals surface area (Å²) in [6.07, 6.45) is 6.33. The van der Waals surface area contributed by atoms with Gasteiger partial charge in [-0.2, -0.15) is 0 Å². The van der Waals surface area contributed by atoms with Gasteiger partial charge in [0.05, 0.1) is 0 Å². The summed E-state index contributed by atoms with van der Waals surface area (Å²) >= 11 is 0. The van der Waals surface area contributed by atoms with Crippen LogP contribution in [0.4, 0.5) is 5.69 Å². The van der Waals surface area contributed by atoms with Crippen molar-refractivity contribution in [2.75, 3.05) is 5.32 Å². The van der Waals surface area contributed by atoms with Crippen molar-refractivity contribution in [3.63, 3.8) is 0 Å². The molecule has 1 aromatic rings. The topological polar surface area (TPSA) is 41.1 Å². The van der Waals surface area contributed by atoms with Crippen LogP contribution in [0.2, 0.25) is 0 Å². The molecule has 0 spiro atoms. The molecule has 3 aliphatic rings. The smallest absolute Gasteiger partial charge is 0.243 e. The Morgan fingerprint density at radius 1 is 1.29 bits per heavy atom. The van der Waals surface area contributed by atoms with Crippen LogP contribution < -0.4 is 10.6 Å². The molecule has 1 aliphatic heterocycles. The number of amides is 1. The van der Waals surface area contributed by atoms with E-state index in [1.165, 1.54) is 31.2 Å². The molecule has 1 heterocycles. The lowest BCUT2D eigenvalue weighted by Gasteiger charge is -2.29. The van der Waals surface area contributed by atoms with Crippen molar-refractivity contribution in [3.8, 4) is 0 Å². The summed E-state index contributed by atoms with van der Waals surface area (Å²) in [6, 6.07) is 8.45. The lowest BCUT2D eigenvalue weighted by molar-refractivity contribution is -0.122. The molecule has 0 saturated heterocycles. The van der Waals surface area contributed by atoms with Crippen LogP contribution >= 0.6 is 0 Å². The van der Waals surface area contributed by atoms with Gasteiger partial charge < -0.3 is 10.6 Å². The minimum absolute atomic E-state index is 0.0940. The minimum Gasteiger partial charge on any atom is -0.373 e. The molecule has 0 radical (unpaired) electrons. The molecule has 2 fully saturated rings. The average Bonchev–Trinajstić information content (AvgIpc) is 3.21. The molecule has 4 rings (SSSR count). The zero-order chi connectivity index (χ0) is 14.4. The molecule has 1 amide bonds. The number of benzene rings is 1. The van der Waals surface area contributed by atoms with Crippen LogP contribution in [-0.4, -0.2) is 18.0 Å². The van der Waals surface area contributed by atoms with Gasteiger partial charge in [0, 0.05) is 18.2 Å². The largest absolute Gasteiger partial charge is 0.373 e. The quantitative estimate of drug-likeness (QED) is 0.896. The van der Waals surface area contributed by atoms with E-state index < -0.39 is 0 Å². The molecule has 2 saturated carbocycles. The highest BCUT2D eigenvalue weighted by atomic mass is 16.2. The fourth-order valence-corrected chi connectivity index (χ4v) is 4.79. The van der Waals surface area contributed by atoms with E-state index in [0.717, 1.165) is 23.9 Å². The Hall–Kier alpha value is -1.51. The maximum atomic E-state index is 12.5. The third-order valence-corrected chi connectivity index (χ3v) is 5.89. The molecular formula is C18H24N2O. The maximum Gasteiger partial charge on any atom is 0.243 e. The van der Waals surface area contributed by atoms with Crippen molar-refractivity contribution < 1.29 is 4.79 Å². The number of nitrogens with one attached hydrogen (secondary N) is 2. The molecule has 2 bridgehead atoms. The summed E-state index contributed by atoms with van der Waals surface area (Å²) in [4.78, 5) is 12.5. The van der Waals surface area contributed by atoms with E-state index in [0.29, 0.717) is 12.0 Å². The van der Waals surface area contributed by atoms with Gasteiger partial charge in [-0.05, 0) is 55.6 Å². The molecule has 0 aromatic heterocycles. The van der Waals surface area contributed by atoms with Gasteiger partial charge in [-0.25, -0.2) is 0 Å². The van der Waals surface area contributed by atoms with Crippen LogP contribution in [0.5, 0.6) is 0 Å². The van der Waals surface area contributed by atoms with E-state index in [4.69, 9.17) is 0 Å². The third kappa shape index (κ3) is 2.33. The molecule has 2 N–H and O–H groups in total. The van der Waals surface area contributed by atoms with Crippen molar-refractivity contribution in [1.29, 1.82) is 0 Å². The second-order valence-corrected chi connectivity index (χ2v) is 7.19. The summed E-state index contributed by atoms with van der Waals surface area (Å²) in [7, 11) is 0. The Bertz CT molecular complexity index is 531. The predicted molar refractivity (Wildman–Crippen MR) is 84.1 cm³/mol. The molecule has 112 valence electrons. The molecule has 3 nitrogen and oxygen atoms in total. The number of carbonyl (C=O) groups is 1. The summed E-state index contributed by atoms with van der Waals surface area (Å²) in [5.74, 6) is 2.67. The Morgan fingerprint density at radius 2 is 2.14 bits per heavy atom. The number of rotatable bonds is 3. The first-order valence-corrected chi connectivity index (χ1v) is 8.35. The monoisotopic (exact) mass is 284 g/mol. The van der Waals surface area contributed by atoms with E-state index in [-0.39, 0.29) is 11.9 Å². The highest BCUT2D eigenvalue weighted by Gasteiger charge is 2.42. The maximum absolute atomic E-state index is 12.5. The van der Waals surface area contributed by atoms with E-state index in [1.807, 2.05) is 12.1 Å². The summed E-state index contributed by atoms with van der Waals surface area (Å²) < 4.78 is 0. The fourth-order valence-electron chi connectivity index (χ4n) is 4.79. The van der Waals surface area contributed by atoms with Crippen molar-refractivity contribution in [3.05, 3.63) is 29.8 Å². The number of hydrogen-bond acceptors (Lipinski definition) is 2. The fraction of sp³-hybridized carbons (Fsp3) is 0.611. The minimum atomic E-state index is -0.0940. The van der Waals surface area contributed by atoms with Crippen LogP contribution in [0.1, 0.15) is 38.2 Å². The van der Waals surface area contributed by atoms with Crippen molar-refractivity contribution >= 4 is 11.6 Å². The van der Waals surface area contributed by atoms with Gasteiger partial charge in [0.25, 0.3) is 0 Å². The first-order valence-electron chi connectivity index (χ1n) is 8.35. The SMILES string of the molecule is CC(NC(=O)C1Cc2ccccc2N1)C1CC2CCC1C2. The van der Waals surface area contributed by atoms with Gasteiger partial charge in [-0.15, -0.1) is 0 Å². The number of carbonyl (C=O) groups excluding carboxylic acids is 1. The highest BCUT2D eigenvalue weighted by Crippen LogP contribution is 2.49. The second kappa shape index (κ2) is 5.04. The van der Waals surface area contributed by atoms with Gasteiger partial charge in [-0.1, -0.05) is 24.6 Å². The summed E-state index contributed by atoms with van der Waals surface area (Å²) in [5.41, 5.74) is 2.37. The first-order chi connectivity index (χ1) is 10.2. The predicted octanol–water partition coefficient (Wildman–Crippen LogP) is 2.96. The molecule has 21 heavy (non-hydrogen) atoms. The third-order valence-electron chi connectivity index (χ3n) is 5.89. The molecule has 2 aliphatic carbocycles. The van der Waals surface area contributed by atoms with Gasteiger partial charge in [0.15, 0.2) is 0 Å². The Morgan fingerprint density at radius 3 is 2.86 bits per heavy atom. The van der Waals surface area contributed by atoms with E-state index in [9.17, 15) is 4.79 Å². The van der Waals surface area contributed by atoms with E-state index in [1.54, 1.807) is 0 Å². The van der Waals surface area contributed by atoms with Crippen LogP contribution in [0, 0.1) is 17.8 Å². The summed E-state index contributed by atoms with van der Waals surface area (Å²) in [5, 5.41) is 6.63. The molecule has 3 heteroatoms. The number of para-hydroxylation sites is 1. The van der Waals surface area contributed by atoms with E-state index in [2.05, 4.69) is 29.7 Å². The zero-order valence-corrected chi connectivity index (χ0v) is 12.6. The van der Waals surface area contributed by atoms with Crippen molar-refractivity contribution in [2.45, 2.75) is 51.1 Å². The molecular weight excluding hydrogens is 260 g/mol. The molecule has 1 aromatic carbocycles. The standard InChI is InChI=1S/C18H24N2O/c1-11(15-9-12-6-7-13(15)8-12)19-18(21)17-10-14-4-2-3-5-16(14)20-17/h2-5,11-13,15,17,20H,6-10H2,1H3,(H,19,21). The average molecular weight is 284 g/mol. The lowest BCUT2D eigenvalue weighted by Crippen LogP contribution is -2.46. The molecule has 5 atom stereocenters. The van der Waals surface area contributed by atoms with Crippen LogP contribution in [0.25, 0.3) is 0 Å². The zero-order valence-electron chi connectivity index (χ0n) is 12.6. The normalized spacial score (nSPS) is 34.3. The number of hydrogen-bond donors (Lipinski definition) is 2. The highest BCUT2D eigenvalue weighted by molar-refractivity contribution is 5.87. The second-order valence-electron chi connectivity index (χ2n) is 7.19. The van der Waals surface area contributed by atoms with Crippen LogP contribution in [0.15, 0.2) is 24.3 Å². The van der Waals surface area contributed by atoms with Gasteiger partial charge >= 0.3 is 0 Å². The van der Waals surface area contributed by atoms with Gasteiger partial charge in [0.2, 0.25) is 5.91 Å². The van der Waals surface area contributed by atoms with Crippen molar-refractivity contribution in [1.82, 2.24) is 5.32 Å². The number of anilines is 1. The lowest BCUT2D eigenvalue weighted by atomic mass is 9.84. The first kappa shape index (κ1) is 13.2. The van der Waals surface area contributed by atoms with Crippen molar-refractivity contribution in [2.24, 2.45) is 17.8 Å². The van der Waals surface area contributed by atoms with Crippen LogP contribution in [-0.2, 0) is 11.2 Å². The Labute approximate surface area is 126 Å². The molecule has 5 unspecified atom stereocenters. The summed E-state index contributed by atoms with van der Waals surface area (Å²) in [6.45, 7) is 2.20. The van der Waals surface area contributed by atoms with Gasteiger partial charge in [0.1, 0.15) is 6.04 Å². The Kier molecular flexibility index (Phi) is 3.16. The van der Waals surface area contributed by atoms with E-state index >= 15 is 0 Å².